The van der Waals surface area contributed by atoms with Gasteiger partial charge < -0.3 is 4.74 Å². The lowest BCUT2D eigenvalue weighted by atomic mass is 9.87. The molecule has 0 aliphatic carbocycles. The number of aromatic amines is 1. The Balaban J connectivity index is 2.99. The molecule has 0 aliphatic heterocycles. The van der Waals surface area contributed by atoms with Gasteiger partial charge in [0, 0.05) is 5.56 Å². The van der Waals surface area contributed by atoms with Gasteiger partial charge in [-0.15, -0.1) is 0 Å². The maximum absolute atomic E-state index is 11.5. The maximum Gasteiger partial charge on any atom is 0.356 e. The number of H-pyrrole nitrogens is 1. The molecule has 0 fully saturated rings. The van der Waals surface area contributed by atoms with Gasteiger partial charge in [0.05, 0.1) is 12.8 Å². The lowest BCUT2D eigenvalue weighted by molar-refractivity contribution is 0.0516. The van der Waals surface area contributed by atoms with Crippen molar-refractivity contribution >= 4 is 5.97 Å². The molecule has 0 amide bonds. The van der Waals surface area contributed by atoms with Crippen molar-refractivity contribution < 1.29 is 9.53 Å². The van der Waals surface area contributed by atoms with E-state index >= 15 is 0 Å². The normalized spacial score (nSPS) is 11.4. The van der Waals surface area contributed by atoms with Gasteiger partial charge in [0.2, 0.25) is 0 Å². The molecule has 4 heteroatoms. The van der Waals surface area contributed by atoms with E-state index in [1.54, 1.807) is 13.1 Å². The standard InChI is InChI=1S/C10H16N2O2/c1-5-14-9(13)8-7(6-11-12-8)10(2,3)4/h6H,5H2,1-4H3,(H,11,12). The predicted octanol–water partition coefficient (Wildman–Crippen LogP) is 1.88. The van der Waals surface area contributed by atoms with E-state index in [4.69, 9.17) is 4.74 Å². The monoisotopic (exact) mass is 196 g/mol. The van der Waals surface area contributed by atoms with Crippen molar-refractivity contribution in [1.82, 2.24) is 10.2 Å². The number of hydrogen-bond acceptors (Lipinski definition) is 3. The lowest BCUT2D eigenvalue weighted by Gasteiger charge is -2.17. The number of nitrogens with zero attached hydrogens (tertiary/aromatic N) is 1. The number of esters is 1. The number of carbonyl (C=O) groups is 1. The molecule has 4 nitrogen and oxygen atoms in total. The minimum Gasteiger partial charge on any atom is -0.461 e. The van der Waals surface area contributed by atoms with Crippen molar-refractivity contribution in [2.75, 3.05) is 6.61 Å². The summed E-state index contributed by atoms with van der Waals surface area (Å²) in [5, 5.41) is 6.54. The molecule has 14 heavy (non-hydrogen) atoms. The van der Waals surface area contributed by atoms with Gasteiger partial charge in [-0.25, -0.2) is 4.79 Å². The Labute approximate surface area is 83.7 Å². The first kappa shape index (κ1) is 10.8. The molecule has 0 atom stereocenters. The summed E-state index contributed by atoms with van der Waals surface area (Å²) in [5.74, 6) is -0.338. The predicted molar refractivity (Wildman–Crippen MR) is 53.2 cm³/mol. The van der Waals surface area contributed by atoms with Gasteiger partial charge in [0.1, 0.15) is 5.69 Å². The topological polar surface area (TPSA) is 55.0 Å². The van der Waals surface area contributed by atoms with E-state index in [-0.39, 0.29) is 11.4 Å². The van der Waals surface area contributed by atoms with Gasteiger partial charge in [-0.1, -0.05) is 20.8 Å². The van der Waals surface area contributed by atoms with Crippen LogP contribution in [0.1, 0.15) is 43.7 Å². The lowest BCUT2D eigenvalue weighted by Crippen LogP contribution is -2.17. The van der Waals surface area contributed by atoms with Gasteiger partial charge in [0.25, 0.3) is 0 Å². The van der Waals surface area contributed by atoms with Crippen LogP contribution in [0.25, 0.3) is 0 Å². The number of nitrogens with one attached hydrogen (secondary N) is 1. The maximum atomic E-state index is 11.5. The van der Waals surface area contributed by atoms with Crippen molar-refractivity contribution in [3.63, 3.8) is 0 Å². The number of carbonyl (C=O) groups excluding carboxylic acids is 1. The van der Waals surface area contributed by atoms with Gasteiger partial charge in [-0.05, 0) is 12.3 Å². The average Bonchev–Trinajstić information content (AvgIpc) is 2.50. The van der Waals surface area contributed by atoms with E-state index < -0.39 is 0 Å². The number of rotatable bonds is 2. The minimum atomic E-state index is -0.338. The molecule has 1 N–H and O–H groups in total. The highest BCUT2D eigenvalue weighted by Gasteiger charge is 2.24. The molecule has 0 saturated heterocycles. The number of aromatic nitrogens is 2. The first-order valence-corrected chi connectivity index (χ1v) is 4.67. The summed E-state index contributed by atoms with van der Waals surface area (Å²) in [6.45, 7) is 8.24. The van der Waals surface area contributed by atoms with E-state index in [9.17, 15) is 4.79 Å². The van der Waals surface area contributed by atoms with E-state index in [0.29, 0.717) is 12.3 Å². The number of hydrogen-bond donors (Lipinski definition) is 1. The van der Waals surface area contributed by atoms with Crippen LogP contribution in [0.3, 0.4) is 0 Å². The highest BCUT2D eigenvalue weighted by atomic mass is 16.5. The summed E-state index contributed by atoms with van der Waals surface area (Å²) in [4.78, 5) is 11.5. The van der Waals surface area contributed by atoms with E-state index in [0.717, 1.165) is 5.56 Å². The zero-order valence-electron chi connectivity index (χ0n) is 9.05. The summed E-state index contributed by atoms with van der Waals surface area (Å²) in [7, 11) is 0. The zero-order valence-corrected chi connectivity index (χ0v) is 9.05. The second-order valence-corrected chi connectivity index (χ2v) is 4.13. The molecule has 1 aromatic heterocycles. The van der Waals surface area contributed by atoms with Gasteiger partial charge in [0.15, 0.2) is 0 Å². The van der Waals surface area contributed by atoms with E-state index in [1.807, 2.05) is 20.8 Å². The molecule has 1 aromatic rings. The van der Waals surface area contributed by atoms with Crippen LogP contribution < -0.4 is 0 Å². The number of ether oxygens (including phenoxy) is 1. The zero-order chi connectivity index (χ0) is 10.8. The summed E-state index contributed by atoms with van der Waals surface area (Å²) in [6, 6.07) is 0. The summed E-state index contributed by atoms with van der Waals surface area (Å²) in [6.07, 6.45) is 1.67. The van der Waals surface area contributed by atoms with Crippen LogP contribution in [0.4, 0.5) is 0 Å². The highest BCUT2D eigenvalue weighted by molar-refractivity contribution is 5.89. The Kier molecular flexibility index (Phi) is 2.93. The summed E-state index contributed by atoms with van der Waals surface area (Å²) >= 11 is 0. The minimum absolute atomic E-state index is 0.102. The fourth-order valence-corrected chi connectivity index (χ4v) is 1.21. The molecule has 0 aromatic carbocycles. The van der Waals surface area contributed by atoms with E-state index in [1.165, 1.54) is 0 Å². The molecular weight excluding hydrogens is 180 g/mol. The Morgan fingerprint density at radius 1 is 1.57 bits per heavy atom. The Morgan fingerprint density at radius 3 is 2.71 bits per heavy atom. The second kappa shape index (κ2) is 3.82. The highest BCUT2D eigenvalue weighted by Crippen LogP contribution is 2.24. The Bertz CT molecular complexity index is 323. The first-order chi connectivity index (χ1) is 6.46. The van der Waals surface area contributed by atoms with Crippen LogP contribution in [0.15, 0.2) is 6.20 Å². The molecule has 0 radical (unpaired) electrons. The third kappa shape index (κ3) is 2.13. The van der Waals surface area contributed by atoms with Crippen LogP contribution >= 0.6 is 0 Å². The van der Waals surface area contributed by atoms with Crippen LogP contribution in [-0.4, -0.2) is 22.8 Å². The van der Waals surface area contributed by atoms with Crippen molar-refractivity contribution in [1.29, 1.82) is 0 Å². The Morgan fingerprint density at radius 2 is 2.21 bits per heavy atom. The van der Waals surface area contributed by atoms with Crippen LogP contribution in [-0.2, 0) is 10.2 Å². The van der Waals surface area contributed by atoms with Crippen LogP contribution in [0, 0.1) is 0 Å². The van der Waals surface area contributed by atoms with Gasteiger partial charge in [-0.3, -0.25) is 5.10 Å². The van der Waals surface area contributed by atoms with Crippen molar-refractivity contribution in [2.45, 2.75) is 33.1 Å². The molecule has 0 bridgehead atoms. The third-order valence-corrected chi connectivity index (χ3v) is 1.93. The summed E-state index contributed by atoms with van der Waals surface area (Å²) in [5.41, 5.74) is 1.24. The quantitative estimate of drug-likeness (QED) is 0.735. The molecule has 0 saturated carbocycles. The average molecular weight is 196 g/mol. The molecule has 0 aliphatic rings. The van der Waals surface area contributed by atoms with Crippen LogP contribution in [0.2, 0.25) is 0 Å². The SMILES string of the molecule is CCOC(=O)c1[nH]ncc1C(C)(C)C. The molecule has 78 valence electrons. The molecule has 1 rings (SSSR count). The first-order valence-electron chi connectivity index (χ1n) is 4.67. The van der Waals surface area contributed by atoms with Gasteiger partial charge >= 0.3 is 5.97 Å². The fraction of sp³-hybridized carbons (Fsp3) is 0.600. The smallest absolute Gasteiger partial charge is 0.356 e. The van der Waals surface area contributed by atoms with Gasteiger partial charge in [-0.2, -0.15) is 5.10 Å². The third-order valence-electron chi connectivity index (χ3n) is 1.93. The summed E-state index contributed by atoms with van der Waals surface area (Å²) < 4.78 is 4.91. The fourth-order valence-electron chi connectivity index (χ4n) is 1.21. The molecule has 0 unspecified atom stereocenters. The van der Waals surface area contributed by atoms with E-state index in [2.05, 4.69) is 10.2 Å². The van der Waals surface area contributed by atoms with Crippen molar-refractivity contribution in [3.05, 3.63) is 17.5 Å². The Hall–Kier alpha value is -1.32. The van der Waals surface area contributed by atoms with Crippen molar-refractivity contribution in [2.24, 2.45) is 0 Å². The van der Waals surface area contributed by atoms with Crippen molar-refractivity contribution in [3.8, 4) is 0 Å². The molecule has 0 spiro atoms. The largest absolute Gasteiger partial charge is 0.461 e. The van der Waals surface area contributed by atoms with Crippen LogP contribution in [0.5, 0.6) is 0 Å². The molecular formula is C10H16N2O2. The molecule has 1 heterocycles. The second-order valence-electron chi connectivity index (χ2n) is 4.13.